The Morgan fingerprint density at radius 2 is 2.43 bits per heavy atom. The summed E-state index contributed by atoms with van der Waals surface area (Å²) in [6.07, 6.45) is 1.65. The number of aromatic amines is 1. The Hall–Kier alpha value is -1.66. The van der Waals surface area contributed by atoms with Crippen molar-refractivity contribution in [2.45, 2.75) is 6.61 Å². The highest BCUT2D eigenvalue weighted by Gasteiger charge is 2.00. The summed E-state index contributed by atoms with van der Waals surface area (Å²) in [5.41, 5.74) is 1.15. The fraction of sp³-hybridized carbons (Fsp3) is 0.250. The number of hydrogen-bond acceptors (Lipinski definition) is 4. The zero-order valence-corrected chi connectivity index (χ0v) is 7.56. The summed E-state index contributed by atoms with van der Waals surface area (Å²) in [5.74, 6) is 0. The molecule has 0 aliphatic heterocycles. The van der Waals surface area contributed by atoms with Crippen molar-refractivity contribution in [1.29, 1.82) is 0 Å². The third-order valence-corrected chi connectivity index (χ3v) is 1.82. The topological polar surface area (TPSA) is 68.6 Å². The van der Waals surface area contributed by atoms with Gasteiger partial charge in [0.15, 0.2) is 5.65 Å². The van der Waals surface area contributed by atoms with Crippen molar-refractivity contribution in [3.63, 3.8) is 0 Å². The van der Waals surface area contributed by atoms with Gasteiger partial charge in [-0.2, -0.15) is 5.10 Å². The molecular weight excluding hydrogens is 186 g/mol. The number of nitrogens with zero attached hydrogens (tertiary/aromatic N) is 2. The minimum atomic E-state index is -0.265. The third-order valence-electron chi connectivity index (χ3n) is 1.82. The Kier molecular flexibility index (Phi) is 2.30. The number of pyridine rings is 1. The van der Waals surface area contributed by atoms with Crippen LogP contribution >= 0.6 is 0 Å². The molecule has 0 amide bonds. The standard InChI is InChI=1S/C8H9N3O3/c1-13-14-5-6-2-3-7-9-10-8(12)11(7)4-6/h2-4H,5H2,1H3,(H,10,12). The van der Waals surface area contributed by atoms with E-state index in [2.05, 4.69) is 15.1 Å². The predicted octanol–water partition coefficient (Wildman–Crippen LogP) is 0.101. The third kappa shape index (κ3) is 1.52. The number of nitrogens with one attached hydrogen (secondary N) is 1. The molecule has 0 spiro atoms. The molecule has 0 saturated carbocycles. The van der Waals surface area contributed by atoms with Crippen molar-refractivity contribution in [3.05, 3.63) is 34.4 Å². The van der Waals surface area contributed by atoms with Gasteiger partial charge in [-0.05, 0) is 11.6 Å². The van der Waals surface area contributed by atoms with Crippen molar-refractivity contribution in [3.8, 4) is 0 Å². The zero-order valence-electron chi connectivity index (χ0n) is 7.56. The molecule has 0 atom stereocenters. The molecule has 0 aliphatic carbocycles. The van der Waals surface area contributed by atoms with Crippen LogP contribution in [-0.2, 0) is 16.4 Å². The molecule has 0 saturated heterocycles. The number of fused-ring (bicyclic) bond motifs is 1. The van der Waals surface area contributed by atoms with Crippen molar-refractivity contribution >= 4 is 5.65 Å². The number of H-pyrrole nitrogens is 1. The molecule has 2 aromatic rings. The lowest BCUT2D eigenvalue weighted by Gasteiger charge is -2.00. The fourth-order valence-electron chi connectivity index (χ4n) is 1.16. The molecule has 0 fully saturated rings. The van der Waals surface area contributed by atoms with Gasteiger partial charge in [0.2, 0.25) is 0 Å². The molecule has 6 heteroatoms. The molecule has 2 aromatic heterocycles. The molecule has 0 aliphatic rings. The van der Waals surface area contributed by atoms with Gasteiger partial charge in [-0.3, -0.25) is 4.40 Å². The van der Waals surface area contributed by atoms with E-state index in [1.165, 1.54) is 11.5 Å². The van der Waals surface area contributed by atoms with E-state index in [0.717, 1.165) is 5.56 Å². The number of rotatable bonds is 3. The molecular formula is C8H9N3O3. The van der Waals surface area contributed by atoms with Crippen molar-refractivity contribution in [1.82, 2.24) is 14.6 Å². The second-order valence-corrected chi connectivity index (χ2v) is 2.72. The van der Waals surface area contributed by atoms with Gasteiger partial charge >= 0.3 is 5.69 Å². The van der Waals surface area contributed by atoms with Crippen LogP contribution in [0.15, 0.2) is 23.1 Å². The Morgan fingerprint density at radius 1 is 1.57 bits per heavy atom. The molecule has 0 aromatic carbocycles. The molecule has 1 N–H and O–H groups in total. The lowest BCUT2D eigenvalue weighted by molar-refractivity contribution is -0.282. The Morgan fingerprint density at radius 3 is 3.21 bits per heavy atom. The average Bonchev–Trinajstić information content (AvgIpc) is 2.57. The zero-order chi connectivity index (χ0) is 9.97. The maximum atomic E-state index is 11.2. The molecule has 6 nitrogen and oxygen atoms in total. The summed E-state index contributed by atoms with van der Waals surface area (Å²) >= 11 is 0. The van der Waals surface area contributed by atoms with E-state index in [4.69, 9.17) is 4.89 Å². The van der Waals surface area contributed by atoms with E-state index in [1.807, 2.05) is 6.07 Å². The quantitative estimate of drug-likeness (QED) is 0.557. The van der Waals surface area contributed by atoms with Gasteiger partial charge in [-0.15, -0.1) is 0 Å². The maximum Gasteiger partial charge on any atom is 0.347 e. The lowest BCUT2D eigenvalue weighted by atomic mass is 10.3. The monoisotopic (exact) mass is 195 g/mol. The van der Waals surface area contributed by atoms with Crippen LogP contribution in [0.1, 0.15) is 5.56 Å². The SMILES string of the molecule is COOCc1ccc2n[nH]c(=O)n2c1. The van der Waals surface area contributed by atoms with Gasteiger partial charge in [-0.1, -0.05) is 6.07 Å². The van der Waals surface area contributed by atoms with Gasteiger partial charge in [-0.25, -0.2) is 19.7 Å². The predicted molar refractivity (Wildman–Crippen MR) is 47.6 cm³/mol. The first-order valence-corrected chi connectivity index (χ1v) is 4.02. The van der Waals surface area contributed by atoms with Crippen LogP contribution in [0, 0.1) is 0 Å². The van der Waals surface area contributed by atoms with E-state index in [0.29, 0.717) is 12.3 Å². The van der Waals surface area contributed by atoms with Crippen LogP contribution < -0.4 is 5.69 Å². The highest BCUT2D eigenvalue weighted by atomic mass is 17.2. The summed E-state index contributed by atoms with van der Waals surface area (Å²) in [6.45, 7) is 0.296. The van der Waals surface area contributed by atoms with Gasteiger partial charge < -0.3 is 0 Å². The first-order chi connectivity index (χ1) is 6.81. The summed E-state index contributed by atoms with van der Waals surface area (Å²) in [7, 11) is 1.43. The molecule has 0 bridgehead atoms. The average molecular weight is 195 g/mol. The highest BCUT2D eigenvalue weighted by Crippen LogP contribution is 2.02. The van der Waals surface area contributed by atoms with Crippen LogP contribution in [0.25, 0.3) is 5.65 Å². The number of hydrogen-bond donors (Lipinski definition) is 1. The van der Waals surface area contributed by atoms with Crippen LogP contribution in [-0.4, -0.2) is 21.7 Å². The number of aromatic nitrogens is 3. The van der Waals surface area contributed by atoms with Gasteiger partial charge in [0.1, 0.15) is 6.61 Å². The van der Waals surface area contributed by atoms with E-state index in [-0.39, 0.29) is 5.69 Å². The summed E-state index contributed by atoms with van der Waals surface area (Å²) in [4.78, 5) is 20.4. The van der Waals surface area contributed by atoms with E-state index in [1.54, 1.807) is 12.3 Å². The molecule has 2 heterocycles. The van der Waals surface area contributed by atoms with E-state index in [9.17, 15) is 4.79 Å². The summed E-state index contributed by atoms with van der Waals surface area (Å²) < 4.78 is 1.41. The Labute approximate surface area is 79.0 Å². The highest BCUT2D eigenvalue weighted by molar-refractivity contribution is 5.37. The molecule has 0 unspecified atom stereocenters. The van der Waals surface area contributed by atoms with Gasteiger partial charge in [0.25, 0.3) is 0 Å². The molecule has 74 valence electrons. The van der Waals surface area contributed by atoms with Crippen LogP contribution in [0.2, 0.25) is 0 Å². The lowest BCUT2D eigenvalue weighted by Crippen LogP contribution is -2.09. The molecule has 14 heavy (non-hydrogen) atoms. The minimum absolute atomic E-state index is 0.265. The summed E-state index contributed by atoms with van der Waals surface area (Å²) in [6, 6.07) is 3.54. The van der Waals surface area contributed by atoms with E-state index >= 15 is 0 Å². The largest absolute Gasteiger partial charge is 0.347 e. The molecule has 0 radical (unpaired) electrons. The Balaban J connectivity index is 2.39. The van der Waals surface area contributed by atoms with Crippen molar-refractivity contribution < 1.29 is 9.78 Å². The second kappa shape index (κ2) is 3.60. The maximum absolute atomic E-state index is 11.2. The van der Waals surface area contributed by atoms with E-state index < -0.39 is 0 Å². The first-order valence-electron chi connectivity index (χ1n) is 4.02. The first kappa shape index (κ1) is 8.92. The normalized spacial score (nSPS) is 10.9. The fourth-order valence-corrected chi connectivity index (χ4v) is 1.16. The second-order valence-electron chi connectivity index (χ2n) is 2.72. The Bertz CT molecular complexity index is 488. The van der Waals surface area contributed by atoms with Crippen LogP contribution in [0.3, 0.4) is 0 Å². The van der Waals surface area contributed by atoms with Crippen molar-refractivity contribution in [2.24, 2.45) is 0 Å². The smallest absolute Gasteiger partial charge is 0.250 e. The van der Waals surface area contributed by atoms with Crippen LogP contribution in [0.4, 0.5) is 0 Å². The molecule has 2 rings (SSSR count). The van der Waals surface area contributed by atoms with Gasteiger partial charge in [0, 0.05) is 6.20 Å². The minimum Gasteiger partial charge on any atom is -0.250 e. The van der Waals surface area contributed by atoms with Gasteiger partial charge in [0.05, 0.1) is 7.11 Å². The van der Waals surface area contributed by atoms with Crippen molar-refractivity contribution in [2.75, 3.05) is 7.11 Å². The van der Waals surface area contributed by atoms with Crippen LogP contribution in [0.5, 0.6) is 0 Å². The summed E-state index contributed by atoms with van der Waals surface area (Å²) in [5, 5.41) is 6.14.